The van der Waals surface area contributed by atoms with E-state index in [-0.39, 0.29) is 11.5 Å². The van der Waals surface area contributed by atoms with E-state index in [2.05, 4.69) is 0 Å². The molecule has 0 spiro atoms. The standard InChI is InChI=1S/C12H7Cl3O2S2/c13-7-2-1-3-8(4-7)19(17)6-10(16)9-5-11(14)18-12(9)15/h1-5H,6H2. The van der Waals surface area contributed by atoms with E-state index in [0.717, 1.165) is 11.3 Å². The summed E-state index contributed by atoms with van der Waals surface area (Å²) < 4.78 is 12.8. The number of rotatable bonds is 4. The molecule has 7 heteroatoms. The molecule has 0 amide bonds. The van der Waals surface area contributed by atoms with Gasteiger partial charge in [0.05, 0.1) is 20.9 Å². The molecule has 0 aliphatic heterocycles. The van der Waals surface area contributed by atoms with E-state index >= 15 is 0 Å². The SMILES string of the molecule is O=C(CS(=O)c1cccc(Cl)c1)c1cc(Cl)sc1Cl. The van der Waals surface area contributed by atoms with Crippen molar-refractivity contribution in [2.45, 2.75) is 4.90 Å². The predicted molar refractivity (Wildman–Crippen MR) is 81.4 cm³/mol. The van der Waals surface area contributed by atoms with Crippen LogP contribution in [0.4, 0.5) is 0 Å². The molecule has 19 heavy (non-hydrogen) atoms. The van der Waals surface area contributed by atoms with Crippen molar-refractivity contribution in [1.29, 1.82) is 0 Å². The highest BCUT2D eigenvalue weighted by Crippen LogP contribution is 2.31. The van der Waals surface area contributed by atoms with Crippen molar-refractivity contribution in [3.63, 3.8) is 0 Å². The van der Waals surface area contributed by atoms with Crippen LogP contribution in [0.5, 0.6) is 0 Å². The summed E-state index contributed by atoms with van der Waals surface area (Å²) >= 11 is 18.6. The van der Waals surface area contributed by atoms with Crippen LogP contribution in [0.1, 0.15) is 10.4 Å². The third-order valence-electron chi connectivity index (χ3n) is 2.28. The second-order valence-electron chi connectivity index (χ2n) is 3.61. The molecule has 0 aliphatic carbocycles. The smallest absolute Gasteiger partial charge is 0.178 e. The summed E-state index contributed by atoms with van der Waals surface area (Å²) in [4.78, 5) is 12.5. The Kier molecular flexibility index (Phi) is 5.03. The lowest BCUT2D eigenvalue weighted by Crippen LogP contribution is -2.10. The molecule has 2 nitrogen and oxygen atoms in total. The molecular formula is C12H7Cl3O2S2. The van der Waals surface area contributed by atoms with Crippen molar-refractivity contribution in [2.75, 3.05) is 5.75 Å². The van der Waals surface area contributed by atoms with Crippen LogP contribution in [0.3, 0.4) is 0 Å². The number of ketones is 1. The normalized spacial score (nSPS) is 12.4. The first-order valence-corrected chi connectivity index (χ1v) is 8.36. The van der Waals surface area contributed by atoms with Gasteiger partial charge in [-0.15, -0.1) is 11.3 Å². The number of hydrogen-bond donors (Lipinski definition) is 0. The monoisotopic (exact) mass is 352 g/mol. The minimum Gasteiger partial charge on any atom is -0.293 e. The molecule has 1 aromatic carbocycles. The molecule has 0 fully saturated rings. The number of carbonyl (C=O) groups is 1. The van der Waals surface area contributed by atoms with Gasteiger partial charge in [0.2, 0.25) is 0 Å². The third-order valence-corrected chi connectivity index (χ3v) is 5.31. The van der Waals surface area contributed by atoms with Gasteiger partial charge in [-0.25, -0.2) is 0 Å². The van der Waals surface area contributed by atoms with Crippen LogP contribution in [0.2, 0.25) is 13.7 Å². The number of carbonyl (C=O) groups excluding carboxylic acids is 1. The first-order valence-electron chi connectivity index (χ1n) is 5.09. The van der Waals surface area contributed by atoms with E-state index in [1.165, 1.54) is 6.07 Å². The molecule has 1 heterocycles. The Morgan fingerprint density at radius 3 is 2.53 bits per heavy atom. The van der Waals surface area contributed by atoms with Gasteiger partial charge in [-0.05, 0) is 24.3 Å². The van der Waals surface area contributed by atoms with Crippen LogP contribution >= 0.6 is 46.1 Å². The van der Waals surface area contributed by atoms with E-state index in [9.17, 15) is 9.00 Å². The van der Waals surface area contributed by atoms with Gasteiger partial charge in [0.1, 0.15) is 4.34 Å². The van der Waals surface area contributed by atoms with Crippen molar-refractivity contribution in [2.24, 2.45) is 0 Å². The quantitative estimate of drug-likeness (QED) is 0.747. The molecule has 0 radical (unpaired) electrons. The molecule has 0 N–H and O–H groups in total. The lowest BCUT2D eigenvalue weighted by Gasteiger charge is -2.02. The molecule has 1 unspecified atom stereocenters. The van der Waals surface area contributed by atoms with Crippen LogP contribution in [-0.4, -0.2) is 15.7 Å². The molecule has 0 aliphatic rings. The van der Waals surface area contributed by atoms with Gasteiger partial charge in [-0.1, -0.05) is 40.9 Å². The number of halogens is 3. The largest absolute Gasteiger partial charge is 0.293 e. The molecule has 2 aromatic rings. The zero-order valence-electron chi connectivity index (χ0n) is 9.36. The predicted octanol–water partition coefficient (Wildman–Crippen LogP) is 4.70. The van der Waals surface area contributed by atoms with Gasteiger partial charge in [-0.2, -0.15) is 0 Å². The Hall–Kier alpha value is -0.390. The van der Waals surface area contributed by atoms with Crippen molar-refractivity contribution < 1.29 is 9.00 Å². The van der Waals surface area contributed by atoms with Crippen molar-refractivity contribution in [3.8, 4) is 0 Å². The number of thiophene rings is 1. The van der Waals surface area contributed by atoms with Crippen LogP contribution < -0.4 is 0 Å². The maximum Gasteiger partial charge on any atom is 0.178 e. The second-order valence-corrected chi connectivity index (χ2v) is 7.78. The van der Waals surface area contributed by atoms with E-state index in [0.29, 0.717) is 24.2 Å². The highest BCUT2D eigenvalue weighted by molar-refractivity contribution is 7.85. The number of benzene rings is 1. The summed E-state index contributed by atoms with van der Waals surface area (Å²) in [5.41, 5.74) is 0.312. The second kappa shape index (κ2) is 6.37. The Morgan fingerprint density at radius 1 is 1.21 bits per heavy atom. The van der Waals surface area contributed by atoms with Crippen LogP contribution in [0.25, 0.3) is 0 Å². The van der Waals surface area contributed by atoms with E-state index in [1.807, 2.05) is 0 Å². The topological polar surface area (TPSA) is 34.1 Å². The maximum atomic E-state index is 12.1. The fourth-order valence-corrected chi connectivity index (χ4v) is 4.22. The highest BCUT2D eigenvalue weighted by atomic mass is 35.5. The van der Waals surface area contributed by atoms with Gasteiger partial charge in [0.15, 0.2) is 5.78 Å². The Labute approximate surface area is 131 Å². The molecule has 0 bridgehead atoms. The zero-order chi connectivity index (χ0) is 14.0. The van der Waals surface area contributed by atoms with E-state index in [4.69, 9.17) is 34.8 Å². The fraction of sp³-hybridized carbons (Fsp3) is 0.0833. The molecule has 1 aromatic heterocycles. The Balaban J connectivity index is 2.15. The summed E-state index contributed by atoms with van der Waals surface area (Å²) in [6.07, 6.45) is 0. The first-order chi connectivity index (χ1) is 8.97. The van der Waals surface area contributed by atoms with Gasteiger partial charge in [0, 0.05) is 15.5 Å². The summed E-state index contributed by atoms with van der Waals surface area (Å²) in [6.45, 7) is 0. The Bertz CT molecular complexity index is 652. The minimum atomic E-state index is -1.45. The number of Topliss-reactive ketones (excluding diaryl/α,β-unsaturated/α-hetero) is 1. The summed E-state index contributed by atoms with van der Waals surface area (Å²) in [6, 6.07) is 8.10. The van der Waals surface area contributed by atoms with Gasteiger partial charge in [0.25, 0.3) is 0 Å². The summed E-state index contributed by atoms with van der Waals surface area (Å²) in [5, 5.41) is 0.481. The van der Waals surface area contributed by atoms with Crippen molar-refractivity contribution >= 4 is 62.7 Å². The summed E-state index contributed by atoms with van der Waals surface area (Å²) in [5.74, 6) is -0.445. The highest BCUT2D eigenvalue weighted by Gasteiger charge is 2.17. The molecule has 100 valence electrons. The first kappa shape index (κ1) is 15.0. The molecule has 1 atom stereocenters. The molecular weight excluding hydrogens is 347 g/mol. The van der Waals surface area contributed by atoms with E-state index < -0.39 is 10.8 Å². The lowest BCUT2D eigenvalue weighted by atomic mass is 10.2. The molecule has 0 saturated heterocycles. The van der Waals surface area contributed by atoms with Crippen molar-refractivity contribution in [1.82, 2.24) is 0 Å². The van der Waals surface area contributed by atoms with Crippen LogP contribution in [-0.2, 0) is 10.8 Å². The van der Waals surface area contributed by atoms with Gasteiger partial charge in [-0.3, -0.25) is 9.00 Å². The Morgan fingerprint density at radius 2 is 1.95 bits per heavy atom. The lowest BCUT2D eigenvalue weighted by molar-refractivity contribution is 0.102. The van der Waals surface area contributed by atoms with Gasteiger partial charge < -0.3 is 0 Å². The molecule has 2 rings (SSSR count). The summed E-state index contributed by atoms with van der Waals surface area (Å²) in [7, 11) is -1.45. The zero-order valence-corrected chi connectivity index (χ0v) is 13.3. The van der Waals surface area contributed by atoms with E-state index in [1.54, 1.807) is 24.3 Å². The number of hydrogen-bond acceptors (Lipinski definition) is 3. The maximum absolute atomic E-state index is 12.1. The van der Waals surface area contributed by atoms with Crippen LogP contribution in [0, 0.1) is 0 Å². The average Bonchev–Trinajstić information content (AvgIpc) is 2.68. The average molecular weight is 354 g/mol. The van der Waals surface area contributed by atoms with Crippen LogP contribution in [0.15, 0.2) is 35.2 Å². The van der Waals surface area contributed by atoms with Gasteiger partial charge >= 0.3 is 0 Å². The molecule has 0 saturated carbocycles. The third kappa shape index (κ3) is 3.80. The van der Waals surface area contributed by atoms with Crippen molar-refractivity contribution in [3.05, 3.63) is 49.6 Å². The minimum absolute atomic E-state index is 0.146. The fourth-order valence-electron chi connectivity index (χ4n) is 1.42.